The average molecular weight is 187 g/mol. The van der Waals surface area contributed by atoms with Gasteiger partial charge >= 0.3 is 0 Å². The van der Waals surface area contributed by atoms with Crippen LogP contribution in [-0.2, 0) is 4.79 Å². The van der Waals surface area contributed by atoms with Gasteiger partial charge in [-0.3, -0.25) is 4.79 Å². The lowest BCUT2D eigenvalue weighted by Gasteiger charge is -2.10. The van der Waals surface area contributed by atoms with E-state index < -0.39 is 0 Å². The van der Waals surface area contributed by atoms with E-state index in [0.29, 0.717) is 5.57 Å². The minimum Gasteiger partial charge on any atom is -0.366 e. The molecule has 0 aliphatic heterocycles. The summed E-state index contributed by atoms with van der Waals surface area (Å²) in [4.78, 5) is 11.0. The summed E-state index contributed by atoms with van der Waals surface area (Å²) in [5.74, 6) is -0.343. The third-order valence-corrected chi connectivity index (χ3v) is 2.56. The molecule has 0 unspecified atom stereocenters. The second-order valence-electron chi connectivity index (χ2n) is 3.56. The van der Waals surface area contributed by atoms with Gasteiger partial charge in [0, 0.05) is 5.57 Å². The summed E-state index contributed by atoms with van der Waals surface area (Å²) in [6, 6.07) is 0. The Morgan fingerprint density at radius 2 is 2.07 bits per heavy atom. The Morgan fingerprint density at radius 3 is 2.86 bits per heavy atom. The summed E-state index contributed by atoms with van der Waals surface area (Å²) >= 11 is 0. The van der Waals surface area contributed by atoms with Gasteiger partial charge in [-0.15, -0.1) is 0 Å². The van der Waals surface area contributed by atoms with Gasteiger partial charge in [0.05, 0.1) is 0 Å². The zero-order valence-corrected chi connectivity index (χ0v) is 7.99. The summed E-state index contributed by atoms with van der Waals surface area (Å²) in [6.45, 7) is 0. The molecule has 1 amide bonds. The van der Waals surface area contributed by atoms with Crippen molar-refractivity contribution in [1.82, 2.24) is 0 Å². The molecule has 2 nitrogen and oxygen atoms in total. The molecule has 2 rings (SSSR count). The van der Waals surface area contributed by atoms with Crippen molar-refractivity contribution >= 4 is 5.91 Å². The molecular formula is C12H13NO. The molecule has 0 spiro atoms. The Labute approximate surface area is 83.5 Å². The highest BCUT2D eigenvalue weighted by molar-refractivity contribution is 5.95. The van der Waals surface area contributed by atoms with Crippen molar-refractivity contribution in [1.29, 1.82) is 0 Å². The van der Waals surface area contributed by atoms with Crippen LogP contribution in [0, 0.1) is 0 Å². The molecule has 0 bridgehead atoms. The maximum absolute atomic E-state index is 11.0. The summed E-state index contributed by atoms with van der Waals surface area (Å²) in [7, 11) is 0. The largest absolute Gasteiger partial charge is 0.366 e. The van der Waals surface area contributed by atoms with E-state index in [2.05, 4.69) is 12.2 Å². The molecule has 0 fully saturated rings. The maximum atomic E-state index is 11.0. The van der Waals surface area contributed by atoms with Crippen LogP contribution in [0.1, 0.15) is 19.3 Å². The fraction of sp³-hybridized carbons (Fsp3) is 0.250. The first-order valence-electron chi connectivity index (χ1n) is 4.84. The topological polar surface area (TPSA) is 43.1 Å². The van der Waals surface area contributed by atoms with E-state index >= 15 is 0 Å². The number of amides is 1. The van der Waals surface area contributed by atoms with Crippen LogP contribution in [-0.4, -0.2) is 5.91 Å². The van der Waals surface area contributed by atoms with Gasteiger partial charge in [0.2, 0.25) is 5.91 Å². The lowest BCUT2D eigenvalue weighted by molar-refractivity contribution is -0.114. The predicted molar refractivity (Wildman–Crippen MR) is 56.4 cm³/mol. The molecule has 0 radical (unpaired) electrons. The Morgan fingerprint density at radius 1 is 1.21 bits per heavy atom. The Bertz CT molecular complexity index is 383. The molecule has 72 valence electrons. The molecule has 0 atom stereocenters. The van der Waals surface area contributed by atoms with Gasteiger partial charge in [-0.05, 0) is 36.5 Å². The second-order valence-corrected chi connectivity index (χ2v) is 3.56. The van der Waals surface area contributed by atoms with E-state index in [9.17, 15) is 4.79 Å². The van der Waals surface area contributed by atoms with Gasteiger partial charge in [0.15, 0.2) is 0 Å². The van der Waals surface area contributed by atoms with Crippen LogP contribution in [0.15, 0.2) is 47.1 Å². The molecule has 0 aromatic rings. The number of allylic oxidation sites excluding steroid dienone is 6. The summed E-state index contributed by atoms with van der Waals surface area (Å²) in [5, 5.41) is 0. The lowest BCUT2D eigenvalue weighted by atomic mass is 9.95. The molecule has 14 heavy (non-hydrogen) atoms. The molecular weight excluding hydrogens is 174 g/mol. The third-order valence-electron chi connectivity index (χ3n) is 2.56. The monoisotopic (exact) mass is 187 g/mol. The van der Waals surface area contributed by atoms with Crippen LogP contribution < -0.4 is 5.73 Å². The highest BCUT2D eigenvalue weighted by Crippen LogP contribution is 2.26. The fourth-order valence-electron chi connectivity index (χ4n) is 1.80. The van der Waals surface area contributed by atoms with Crippen LogP contribution in [0.3, 0.4) is 0 Å². The number of rotatable bonds is 1. The van der Waals surface area contributed by atoms with Crippen LogP contribution in [0.25, 0.3) is 0 Å². The molecule has 2 aliphatic carbocycles. The highest BCUT2D eigenvalue weighted by atomic mass is 16.1. The van der Waals surface area contributed by atoms with Gasteiger partial charge in [0.1, 0.15) is 0 Å². The predicted octanol–water partition coefficient (Wildman–Crippen LogP) is 2.00. The molecule has 0 heterocycles. The number of hydrogen-bond donors (Lipinski definition) is 1. The summed E-state index contributed by atoms with van der Waals surface area (Å²) < 4.78 is 0. The molecule has 0 aromatic heterocycles. The standard InChI is InChI=1S/C12H13NO/c13-12(14)11-7-3-6-9-4-1-2-5-10(9)8-11/h1,3-4,7-8H,2,5-6H2,(H2,13,14). The second kappa shape index (κ2) is 3.66. The van der Waals surface area contributed by atoms with E-state index in [1.165, 1.54) is 11.1 Å². The van der Waals surface area contributed by atoms with Crippen molar-refractivity contribution in [2.75, 3.05) is 0 Å². The van der Waals surface area contributed by atoms with Crippen LogP contribution >= 0.6 is 0 Å². The highest BCUT2D eigenvalue weighted by Gasteiger charge is 2.10. The van der Waals surface area contributed by atoms with Crippen LogP contribution in [0.4, 0.5) is 0 Å². The Hall–Kier alpha value is -1.57. The van der Waals surface area contributed by atoms with Crippen molar-refractivity contribution in [3.8, 4) is 0 Å². The molecule has 0 aromatic carbocycles. The van der Waals surface area contributed by atoms with E-state index in [4.69, 9.17) is 5.73 Å². The van der Waals surface area contributed by atoms with E-state index in [0.717, 1.165) is 19.3 Å². The minimum absolute atomic E-state index is 0.343. The summed E-state index contributed by atoms with van der Waals surface area (Å²) in [5.41, 5.74) is 8.44. The van der Waals surface area contributed by atoms with Crippen molar-refractivity contribution < 1.29 is 4.79 Å². The first kappa shape index (κ1) is 9.00. The van der Waals surface area contributed by atoms with Crippen molar-refractivity contribution in [3.63, 3.8) is 0 Å². The van der Waals surface area contributed by atoms with Gasteiger partial charge in [0.25, 0.3) is 0 Å². The first-order valence-corrected chi connectivity index (χ1v) is 4.84. The Kier molecular flexibility index (Phi) is 2.35. The van der Waals surface area contributed by atoms with Gasteiger partial charge in [-0.1, -0.05) is 24.3 Å². The van der Waals surface area contributed by atoms with Crippen molar-refractivity contribution in [3.05, 3.63) is 47.1 Å². The fourth-order valence-corrected chi connectivity index (χ4v) is 1.80. The normalized spacial score (nSPS) is 20.1. The first-order chi connectivity index (χ1) is 6.77. The van der Waals surface area contributed by atoms with Gasteiger partial charge in [-0.25, -0.2) is 0 Å². The van der Waals surface area contributed by atoms with E-state index in [1.54, 1.807) is 0 Å². The molecule has 0 saturated heterocycles. The molecule has 0 saturated carbocycles. The average Bonchev–Trinajstić information content (AvgIpc) is 2.39. The third kappa shape index (κ3) is 1.69. The zero-order valence-electron chi connectivity index (χ0n) is 7.99. The maximum Gasteiger partial charge on any atom is 0.248 e. The number of carbonyl (C=O) groups is 1. The van der Waals surface area contributed by atoms with E-state index in [-0.39, 0.29) is 5.91 Å². The number of carbonyl (C=O) groups excluding carboxylic acids is 1. The van der Waals surface area contributed by atoms with Crippen LogP contribution in [0.2, 0.25) is 0 Å². The van der Waals surface area contributed by atoms with E-state index in [1.807, 2.05) is 18.2 Å². The summed E-state index contributed by atoms with van der Waals surface area (Å²) in [6.07, 6.45) is 13.0. The lowest BCUT2D eigenvalue weighted by Crippen LogP contribution is -2.12. The quantitative estimate of drug-likeness (QED) is 0.670. The van der Waals surface area contributed by atoms with Crippen molar-refractivity contribution in [2.24, 2.45) is 5.73 Å². The molecule has 2 heteroatoms. The molecule has 2 N–H and O–H groups in total. The van der Waals surface area contributed by atoms with Gasteiger partial charge < -0.3 is 5.73 Å². The SMILES string of the molecule is NC(=O)C1=CC2=C(C=CCC2)CC=C1. The molecule has 2 aliphatic rings. The number of primary amides is 1. The minimum atomic E-state index is -0.343. The number of nitrogens with two attached hydrogens (primary N) is 1. The van der Waals surface area contributed by atoms with Crippen LogP contribution in [0.5, 0.6) is 0 Å². The zero-order chi connectivity index (χ0) is 9.97. The number of hydrogen-bond acceptors (Lipinski definition) is 1. The van der Waals surface area contributed by atoms with Crippen molar-refractivity contribution in [2.45, 2.75) is 19.3 Å². The smallest absolute Gasteiger partial charge is 0.248 e. The Balaban J connectivity index is 2.40. The van der Waals surface area contributed by atoms with Gasteiger partial charge in [-0.2, -0.15) is 0 Å².